The van der Waals surface area contributed by atoms with E-state index < -0.39 is 0 Å². The third-order valence-corrected chi connectivity index (χ3v) is 4.81. The Morgan fingerprint density at radius 2 is 1.86 bits per heavy atom. The number of carbonyl (C=O) groups is 1. The summed E-state index contributed by atoms with van der Waals surface area (Å²) in [6, 6.07) is 0.578. The van der Waals surface area contributed by atoms with E-state index in [1.807, 2.05) is 0 Å². The Morgan fingerprint density at radius 3 is 2.52 bits per heavy atom. The molecule has 2 aliphatic rings. The third-order valence-electron chi connectivity index (χ3n) is 4.81. The van der Waals surface area contributed by atoms with Gasteiger partial charge in [0.05, 0.1) is 12.7 Å². The van der Waals surface area contributed by atoms with E-state index in [2.05, 4.69) is 19.6 Å². The number of methoxy groups -OCH3 is 1. The number of rotatable bonds is 3. The Hall–Kier alpha value is -1.65. The molecule has 1 saturated heterocycles. The van der Waals surface area contributed by atoms with Crippen LogP contribution in [0.3, 0.4) is 0 Å². The van der Waals surface area contributed by atoms with Gasteiger partial charge in [-0.25, -0.2) is 14.8 Å². The zero-order valence-electron chi connectivity index (χ0n) is 12.6. The molecule has 1 aromatic rings. The summed E-state index contributed by atoms with van der Waals surface area (Å²) in [6.07, 6.45) is 12.4. The van der Waals surface area contributed by atoms with Gasteiger partial charge in [-0.05, 0) is 31.6 Å². The fourth-order valence-corrected chi connectivity index (χ4v) is 3.74. The molecule has 0 amide bonds. The number of esters is 1. The molecule has 0 spiro atoms. The first-order valence-corrected chi connectivity index (χ1v) is 7.96. The van der Waals surface area contributed by atoms with Gasteiger partial charge >= 0.3 is 5.97 Å². The first-order chi connectivity index (χ1) is 10.3. The fraction of sp³-hybridized carbons (Fsp3) is 0.688. The summed E-state index contributed by atoms with van der Waals surface area (Å²) in [7, 11) is 1.37. The van der Waals surface area contributed by atoms with E-state index in [-0.39, 0.29) is 5.97 Å². The fourth-order valence-electron chi connectivity index (χ4n) is 3.74. The molecular weight excluding hydrogens is 266 g/mol. The smallest absolute Gasteiger partial charge is 0.341 e. The Morgan fingerprint density at radius 1 is 1.14 bits per heavy atom. The molecule has 0 aromatic carbocycles. The van der Waals surface area contributed by atoms with Crippen molar-refractivity contribution < 1.29 is 9.53 Å². The molecule has 0 N–H and O–H groups in total. The highest BCUT2D eigenvalue weighted by Gasteiger charge is 2.33. The summed E-state index contributed by atoms with van der Waals surface area (Å²) in [5.74, 6) is 1.16. The monoisotopic (exact) mass is 289 g/mol. The van der Waals surface area contributed by atoms with Crippen molar-refractivity contribution in [3.63, 3.8) is 0 Å². The van der Waals surface area contributed by atoms with Crippen LogP contribution >= 0.6 is 0 Å². The van der Waals surface area contributed by atoms with Gasteiger partial charge in [-0.1, -0.05) is 19.3 Å². The van der Waals surface area contributed by atoms with E-state index in [9.17, 15) is 4.79 Å². The van der Waals surface area contributed by atoms with Gasteiger partial charge in [0.15, 0.2) is 0 Å². The molecule has 0 unspecified atom stereocenters. The summed E-state index contributed by atoms with van der Waals surface area (Å²) >= 11 is 0. The Kier molecular flexibility index (Phi) is 4.36. The van der Waals surface area contributed by atoms with Crippen molar-refractivity contribution in [3.8, 4) is 0 Å². The van der Waals surface area contributed by atoms with Gasteiger partial charge in [-0.2, -0.15) is 0 Å². The van der Waals surface area contributed by atoms with Crippen LogP contribution in [-0.4, -0.2) is 35.6 Å². The lowest BCUT2D eigenvalue weighted by molar-refractivity contribution is 0.0600. The molecule has 114 valence electrons. The minimum atomic E-state index is -0.383. The topological polar surface area (TPSA) is 55.3 Å². The zero-order valence-corrected chi connectivity index (χ0v) is 12.6. The van der Waals surface area contributed by atoms with Crippen LogP contribution in [0.2, 0.25) is 0 Å². The summed E-state index contributed by atoms with van der Waals surface area (Å²) in [5.41, 5.74) is 0.412. The van der Waals surface area contributed by atoms with Gasteiger partial charge in [-0.3, -0.25) is 0 Å². The lowest BCUT2D eigenvalue weighted by Crippen LogP contribution is -2.37. The van der Waals surface area contributed by atoms with Crippen LogP contribution < -0.4 is 4.90 Å². The number of hydrogen-bond acceptors (Lipinski definition) is 5. The molecule has 21 heavy (non-hydrogen) atoms. The Bertz CT molecular complexity index is 483. The van der Waals surface area contributed by atoms with Crippen molar-refractivity contribution in [2.45, 2.75) is 51.0 Å². The van der Waals surface area contributed by atoms with E-state index in [0.29, 0.717) is 11.6 Å². The SMILES string of the molecule is COC(=O)c1cnc(N2CCC[C@H]2C2CCCCC2)nc1. The maximum absolute atomic E-state index is 11.4. The van der Waals surface area contributed by atoms with Crippen molar-refractivity contribution in [2.75, 3.05) is 18.6 Å². The standard InChI is InChI=1S/C16H23N3O2/c1-21-15(20)13-10-17-16(18-11-13)19-9-5-8-14(19)12-6-3-2-4-7-12/h10-12,14H,2-9H2,1H3/t14-/m0/s1. The van der Waals surface area contributed by atoms with Gasteiger partial charge in [0.25, 0.3) is 0 Å². The molecule has 5 nitrogen and oxygen atoms in total. The second-order valence-corrected chi connectivity index (χ2v) is 6.06. The molecule has 5 heteroatoms. The van der Waals surface area contributed by atoms with Crippen LogP contribution in [0.5, 0.6) is 0 Å². The van der Waals surface area contributed by atoms with Gasteiger partial charge in [0, 0.05) is 25.0 Å². The van der Waals surface area contributed by atoms with E-state index in [4.69, 9.17) is 0 Å². The van der Waals surface area contributed by atoms with Crippen molar-refractivity contribution in [2.24, 2.45) is 5.92 Å². The van der Waals surface area contributed by atoms with Crippen LogP contribution in [0.25, 0.3) is 0 Å². The average Bonchev–Trinajstić information content (AvgIpc) is 3.04. The minimum Gasteiger partial charge on any atom is -0.465 e. The highest BCUT2D eigenvalue weighted by Crippen LogP contribution is 2.35. The molecule has 1 aromatic heterocycles. The van der Waals surface area contributed by atoms with Gasteiger partial charge in [0.2, 0.25) is 5.95 Å². The van der Waals surface area contributed by atoms with Gasteiger partial charge in [0.1, 0.15) is 0 Å². The van der Waals surface area contributed by atoms with Crippen LogP contribution in [0, 0.1) is 5.92 Å². The second kappa shape index (κ2) is 6.41. The van der Waals surface area contributed by atoms with E-state index in [0.717, 1.165) is 18.4 Å². The molecule has 0 bridgehead atoms. The van der Waals surface area contributed by atoms with Gasteiger partial charge in [-0.15, -0.1) is 0 Å². The van der Waals surface area contributed by atoms with Crippen molar-refractivity contribution in [1.82, 2.24) is 9.97 Å². The van der Waals surface area contributed by atoms with E-state index >= 15 is 0 Å². The Balaban J connectivity index is 1.73. The van der Waals surface area contributed by atoms with E-state index in [1.165, 1.54) is 52.1 Å². The molecule has 1 aliphatic carbocycles. The summed E-state index contributed by atoms with van der Waals surface area (Å²) in [4.78, 5) is 22.6. The average molecular weight is 289 g/mol. The number of aromatic nitrogens is 2. The highest BCUT2D eigenvalue weighted by molar-refractivity contribution is 5.88. The van der Waals surface area contributed by atoms with E-state index in [1.54, 1.807) is 12.4 Å². The van der Waals surface area contributed by atoms with Crippen LogP contribution in [-0.2, 0) is 4.74 Å². The first-order valence-electron chi connectivity index (χ1n) is 7.96. The normalized spacial score (nSPS) is 23.3. The molecule has 1 atom stereocenters. The highest BCUT2D eigenvalue weighted by atomic mass is 16.5. The molecule has 1 saturated carbocycles. The van der Waals surface area contributed by atoms with Crippen molar-refractivity contribution in [1.29, 1.82) is 0 Å². The number of nitrogens with zero attached hydrogens (tertiary/aromatic N) is 3. The molecule has 0 radical (unpaired) electrons. The predicted octanol–water partition coefficient (Wildman–Crippen LogP) is 2.81. The summed E-state index contributed by atoms with van der Waals surface area (Å²) in [6.45, 7) is 1.03. The molecule has 2 heterocycles. The maximum Gasteiger partial charge on any atom is 0.341 e. The first kappa shape index (κ1) is 14.3. The number of carbonyl (C=O) groups excluding carboxylic acids is 1. The number of anilines is 1. The summed E-state index contributed by atoms with van der Waals surface area (Å²) in [5, 5.41) is 0. The van der Waals surface area contributed by atoms with Crippen LogP contribution in [0.4, 0.5) is 5.95 Å². The van der Waals surface area contributed by atoms with Crippen molar-refractivity contribution in [3.05, 3.63) is 18.0 Å². The molecular formula is C16H23N3O2. The third kappa shape index (κ3) is 3.01. The molecule has 3 rings (SSSR count). The lowest BCUT2D eigenvalue weighted by atomic mass is 9.83. The van der Waals surface area contributed by atoms with Crippen LogP contribution in [0.1, 0.15) is 55.3 Å². The Labute approximate surface area is 125 Å². The largest absolute Gasteiger partial charge is 0.465 e. The maximum atomic E-state index is 11.4. The van der Waals surface area contributed by atoms with Crippen molar-refractivity contribution >= 4 is 11.9 Å². The second-order valence-electron chi connectivity index (χ2n) is 6.06. The van der Waals surface area contributed by atoms with Gasteiger partial charge < -0.3 is 9.64 Å². The predicted molar refractivity (Wildman–Crippen MR) is 80.3 cm³/mol. The quantitative estimate of drug-likeness (QED) is 0.801. The molecule has 1 aliphatic heterocycles. The number of ether oxygens (including phenoxy) is 1. The lowest BCUT2D eigenvalue weighted by Gasteiger charge is -2.34. The number of hydrogen-bond donors (Lipinski definition) is 0. The summed E-state index contributed by atoms with van der Waals surface area (Å²) < 4.78 is 4.69. The zero-order chi connectivity index (χ0) is 14.7. The van der Waals surface area contributed by atoms with Crippen LogP contribution in [0.15, 0.2) is 12.4 Å². The molecule has 2 fully saturated rings. The minimum absolute atomic E-state index is 0.383.